The van der Waals surface area contributed by atoms with E-state index in [1.165, 1.54) is 0 Å². The summed E-state index contributed by atoms with van der Waals surface area (Å²) in [5.41, 5.74) is 1.30. The van der Waals surface area contributed by atoms with Crippen LogP contribution in [0.25, 0.3) is 6.08 Å². The summed E-state index contributed by atoms with van der Waals surface area (Å²) in [6, 6.07) is 9.63. The average Bonchev–Trinajstić information content (AvgIpc) is 2.37. The van der Waals surface area contributed by atoms with Crippen LogP contribution < -0.4 is 0 Å². The van der Waals surface area contributed by atoms with Crippen LogP contribution in [0, 0.1) is 0 Å². The molecule has 0 aliphatic rings. The van der Waals surface area contributed by atoms with E-state index >= 15 is 0 Å². The van der Waals surface area contributed by atoms with Crippen LogP contribution in [0.3, 0.4) is 0 Å². The Morgan fingerprint density at radius 3 is 2.71 bits per heavy atom. The highest BCUT2D eigenvalue weighted by atomic mass is 16.5. The average molecular weight is 232 g/mol. The number of benzene rings is 1. The predicted octanol–water partition coefficient (Wildman–Crippen LogP) is 2.18. The van der Waals surface area contributed by atoms with Crippen molar-refractivity contribution in [2.75, 3.05) is 13.2 Å². The van der Waals surface area contributed by atoms with Gasteiger partial charge in [-0.25, -0.2) is 4.79 Å². The summed E-state index contributed by atoms with van der Waals surface area (Å²) in [5, 5.41) is 8.54. The number of hydrogen-bond acceptors (Lipinski definition) is 3. The molecule has 0 heterocycles. The zero-order valence-electron chi connectivity index (χ0n) is 9.63. The first-order valence-corrected chi connectivity index (χ1v) is 5.44. The smallest absolute Gasteiger partial charge is 0.337 e. The van der Waals surface area contributed by atoms with E-state index in [4.69, 9.17) is 9.84 Å². The van der Waals surface area contributed by atoms with Crippen molar-refractivity contribution in [3.63, 3.8) is 0 Å². The number of aliphatic hydroxyl groups is 1. The fourth-order valence-corrected chi connectivity index (χ4v) is 1.15. The van der Waals surface area contributed by atoms with Crippen molar-refractivity contribution in [2.24, 2.45) is 0 Å². The first-order chi connectivity index (χ1) is 8.24. The normalized spacial score (nSPS) is 10.4. The first-order valence-electron chi connectivity index (χ1n) is 5.44. The lowest BCUT2D eigenvalue weighted by molar-refractivity contribution is -0.138. The zero-order chi connectivity index (χ0) is 12.5. The number of aliphatic hydroxyl groups excluding tert-OH is 1. The number of carbonyl (C=O) groups excluding carboxylic acids is 1. The molecule has 1 aromatic carbocycles. The molecule has 1 rings (SSSR count). The summed E-state index contributed by atoms with van der Waals surface area (Å²) < 4.78 is 4.88. The number of esters is 1. The van der Waals surface area contributed by atoms with E-state index in [1.807, 2.05) is 30.3 Å². The van der Waals surface area contributed by atoms with Crippen molar-refractivity contribution < 1.29 is 14.6 Å². The van der Waals surface area contributed by atoms with Gasteiger partial charge in [0.2, 0.25) is 0 Å². The Balaban J connectivity index is 2.43. The lowest BCUT2D eigenvalue weighted by Gasteiger charge is -2.02. The molecule has 0 aromatic heterocycles. The van der Waals surface area contributed by atoms with Crippen LogP contribution in [-0.2, 0) is 9.53 Å². The molecule has 0 saturated heterocycles. The molecule has 0 aliphatic carbocycles. The van der Waals surface area contributed by atoms with Crippen LogP contribution in [0.15, 0.2) is 48.6 Å². The van der Waals surface area contributed by atoms with E-state index in [0.29, 0.717) is 12.0 Å². The maximum absolute atomic E-state index is 11.4. The monoisotopic (exact) mass is 232 g/mol. The summed E-state index contributed by atoms with van der Waals surface area (Å²) in [4.78, 5) is 11.4. The van der Waals surface area contributed by atoms with Crippen molar-refractivity contribution >= 4 is 12.0 Å². The quantitative estimate of drug-likeness (QED) is 0.354. The Morgan fingerprint density at radius 2 is 2.06 bits per heavy atom. The molecular formula is C14H16O3. The molecule has 0 saturated carbocycles. The Labute approximate surface area is 101 Å². The Morgan fingerprint density at radius 1 is 1.35 bits per heavy atom. The van der Waals surface area contributed by atoms with Crippen molar-refractivity contribution in [1.29, 1.82) is 0 Å². The summed E-state index contributed by atoms with van der Waals surface area (Å²) in [6.45, 7) is 3.85. The van der Waals surface area contributed by atoms with Crippen LogP contribution in [-0.4, -0.2) is 24.3 Å². The second kappa shape index (κ2) is 7.41. The summed E-state index contributed by atoms with van der Waals surface area (Å²) in [7, 11) is 0. The highest BCUT2D eigenvalue weighted by Crippen LogP contribution is 2.05. The van der Waals surface area contributed by atoms with Crippen molar-refractivity contribution in [3.05, 3.63) is 54.1 Å². The fraction of sp³-hybridized carbons (Fsp3) is 0.214. The maximum atomic E-state index is 11.4. The van der Waals surface area contributed by atoms with Gasteiger partial charge < -0.3 is 9.84 Å². The van der Waals surface area contributed by atoms with E-state index in [-0.39, 0.29) is 13.2 Å². The molecule has 0 bridgehead atoms. The molecule has 3 heteroatoms. The lowest BCUT2D eigenvalue weighted by Crippen LogP contribution is -2.07. The van der Waals surface area contributed by atoms with Gasteiger partial charge in [-0.1, -0.05) is 43.0 Å². The third-order valence-corrected chi connectivity index (χ3v) is 2.07. The molecule has 0 fully saturated rings. The molecule has 0 radical (unpaired) electrons. The van der Waals surface area contributed by atoms with E-state index in [0.717, 1.165) is 5.56 Å². The molecular weight excluding hydrogens is 216 g/mol. The van der Waals surface area contributed by atoms with Crippen LogP contribution in [0.4, 0.5) is 0 Å². The topological polar surface area (TPSA) is 46.5 Å². The van der Waals surface area contributed by atoms with Gasteiger partial charge >= 0.3 is 5.97 Å². The highest BCUT2D eigenvalue weighted by molar-refractivity contribution is 5.92. The second-order valence-corrected chi connectivity index (χ2v) is 3.48. The van der Waals surface area contributed by atoms with E-state index < -0.39 is 5.97 Å². The molecule has 0 spiro atoms. The van der Waals surface area contributed by atoms with Gasteiger partial charge in [0, 0.05) is 13.0 Å². The third-order valence-electron chi connectivity index (χ3n) is 2.07. The molecule has 1 N–H and O–H groups in total. The van der Waals surface area contributed by atoms with Crippen molar-refractivity contribution in [2.45, 2.75) is 6.42 Å². The van der Waals surface area contributed by atoms with Gasteiger partial charge in [-0.3, -0.25) is 0 Å². The fourth-order valence-electron chi connectivity index (χ4n) is 1.15. The number of ether oxygens (including phenoxy) is 1. The number of rotatable bonds is 6. The largest absolute Gasteiger partial charge is 0.462 e. The summed E-state index contributed by atoms with van der Waals surface area (Å²) in [5.74, 6) is -0.453. The number of carbonyl (C=O) groups is 1. The van der Waals surface area contributed by atoms with Gasteiger partial charge in [-0.05, 0) is 11.6 Å². The lowest BCUT2D eigenvalue weighted by atomic mass is 10.2. The molecule has 17 heavy (non-hydrogen) atoms. The third kappa shape index (κ3) is 5.13. The van der Waals surface area contributed by atoms with E-state index in [2.05, 4.69) is 6.58 Å². The summed E-state index contributed by atoms with van der Waals surface area (Å²) in [6.07, 6.45) is 3.87. The number of hydrogen-bond donors (Lipinski definition) is 1. The molecule has 3 nitrogen and oxygen atoms in total. The molecule has 90 valence electrons. The molecule has 0 atom stereocenters. The molecule has 0 aliphatic heterocycles. The van der Waals surface area contributed by atoms with Crippen LogP contribution in [0.1, 0.15) is 12.0 Å². The maximum Gasteiger partial charge on any atom is 0.337 e. The van der Waals surface area contributed by atoms with Crippen LogP contribution in [0.2, 0.25) is 0 Å². The van der Waals surface area contributed by atoms with Gasteiger partial charge in [0.1, 0.15) is 0 Å². The van der Waals surface area contributed by atoms with Crippen LogP contribution in [0.5, 0.6) is 0 Å². The minimum absolute atomic E-state index is 0.0135. The van der Waals surface area contributed by atoms with Crippen molar-refractivity contribution in [1.82, 2.24) is 0 Å². The van der Waals surface area contributed by atoms with Gasteiger partial charge in [0.15, 0.2) is 0 Å². The molecule has 1 aromatic rings. The predicted molar refractivity (Wildman–Crippen MR) is 67.3 cm³/mol. The summed E-state index contributed by atoms with van der Waals surface area (Å²) >= 11 is 0. The SMILES string of the molecule is C=C(C=Cc1ccccc1)C(=O)OCCCO. The minimum atomic E-state index is -0.453. The van der Waals surface area contributed by atoms with Crippen LogP contribution >= 0.6 is 0 Å². The van der Waals surface area contributed by atoms with Gasteiger partial charge in [0.05, 0.1) is 12.2 Å². The van der Waals surface area contributed by atoms with E-state index in [1.54, 1.807) is 12.2 Å². The Hall–Kier alpha value is -1.87. The van der Waals surface area contributed by atoms with Crippen molar-refractivity contribution in [3.8, 4) is 0 Å². The highest BCUT2D eigenvalue weighted by Gasteiger charge is 2.04. The standard InChI is InChI=1S/C14H16O3/c1-12(14(16)17-11-5-10-15)8-9-13-6-3-2-4-7-13/h2-4,6-9,15H,1,5,10-11H2. The molecule has 0 unspecified atom stereocenters. The van der Waals surface area contributed by atoms with Gasteiger partial charge in [-0.2, -0.15) is 0 Å². The molecule has 0 amide bonds. The van der Waals surface area contributed by atoms with Gasteiger partial charge in [0.25, 0.3) is 0 Å². The Kier molecular flexibility index (Phi) is 5.75. The first kappa shape index (κ1) is 13.2. The Bertz CT molecular complexity index is 393. The van der Waals surface area contributed by atoms with E-state index in [9.17, 15) is 4.79 Å². The van der Waals surface area contributed by atoms with Gasteiger partial charge in [-0.15, -0.1) is 0 Å². The minimum Gasteiger partial charge on any atom is -0.462 e. The zero-order valence-corrected chi connectivity index (χ0v) is 9.63. The second-order valence-electron chi connectivity index (χ2n) is 3.48.